The van der Waals surface area contributed by atoms with E-state index in [1.165, 1.54) is 17.7 Å². The van der Waals surface area contributed by atoms with Crippen LogP contribution in [-0.4, -0.2) is 24.7 Å². The average molecular weight is 265 g/mol. The van der Waals surface area contributed by atoms with E-state index < -0.39 is 0 Å². The fourth-order valence-corrected chi connectivity index (χ4v) is 3.68. The van der Waals surface area contributed by atoms with Crippen LogP contribution in [0.1, 0.15) is 31.9 Å². The van der Waals surface area contributed by atoms with Gasteiger partial charge in [0.1, 0.15) is 12.4 Å². The van der Waals surface area contributed by atoms with E-state index in [1.54, 1.807) is 0 Å². The topological polar surface area (TPSA) is 21.3 Å². The molecule has 0 aliphatic carbocycles. The summed E-state index contributed by atoms with van der Waals surface area (Å²) >= 11 is 2.04. The van der Waals surface area contributed by atoms with Crippen molar-refractivity contribution in [3.63, 3.8) is 0 Å². The van der Waals surface area contributed by atoms with Gasteiger partial charge in [-0.1, -0.05) is 38.5 Å². The molecule has 1 aliphatic heterocycles. The van der Waals surface area contributed by atoms with Crippen molar-refractivity contribution in [1.82, 2.24) is 5.32 Å². The molecule has 3 atom stereocenters. The molecule has 1 N–H and O–H groups in total. The molecule has 0 fully saturated rings. The van der Waals surface area contributed by atoms with Gasteiger partial charge in [-0.2, -0.15) is 11.8 Å². The number of rotatable bonds is 5. The molecule has 0 bridgehead atoms. The van der Waals surface area contributed by atoms with Crippen molar-refractivity contribution < 1.29 is 4.74 Å². The molecule has 3 unspecified atom stereocenters. The van der Waals surface area contributed by atoms with Crippen LogP contribution in [0.2, 0.25) is 0 Å². The number of benzene rings is 1. The molecule has 3 heteroatoms. The summed E-state index contributed by atoms with van der Waals surface area (Å²) in [6.45, 7) is 5.39. The zero-order valence-corrected chi connectivity index (χ0v) is 12.3. The first-order chi connectivity index (χ1) is 8.76. The highest BCUT2D eigenvalue weighted by Crippen LogP contribution is 2.37. The molecule has 1 heterocycles. The first kappa shape index (κ1) is 13.8. The minimum atomic E-state index is 0.406. The third-order valence-corrected chi connectivity index (χ3v) is 5.23. The third kappa shape index (κ3) is 3.01. The Labute approximate surface area is 114 Å². The SMILES string of the molecule is CCC(C)CSC1COc2ccccc2C1NC. The van der Waals surface area contributed by atoms with E-state index in [-0.39, 0.29) is 0 Å². The lowest BCUT2D eigenvalue weighted by Gasteiger charge is -2.33. The lowest BCUT2D eigenvalue weighted by molar-refractivity contribution is 0.264. The summed E-state index contributed by atoms with van der Waals surface area (Å²) in [7, 11) is 2.05. The Morgan fingerprint density at radius 2 is 2.22 bits per heavy atom. The van der Waals surface area contributed by atoms with Crippen LogP contribution >= 0.6 is 11.8 Å². The van der Waals surface area contributed by atoms with Crippen LogP contribution in [0.5, 0.6) is 5.75 Å². The molecule has 0 amide bonds. The van der Waals surface area contributed by atoms with Gasteiger partial charge in [-0.3, -0.25) is 0 Å². The van der Waals surface area contributed by atoms with Crippen LogP contribution in [0, 0.1) is 5.92 Å². The maximum absolute atomic E-state index is 5.87. The summed E-state index contributed by atoms with van der Waals surface area (Å²) in [5.41, 5.74) is 1.30. The van der Waals surface area contributed by atoms with Gasteiger partial charge >= 0.3 is 0 Å². The van der Waals surface area contributed by atoms with E-state index in [2.05, 4.69) is 37.4 Å². The molecule has 0 spiro atoms. The Bertz CT molecular complexity index is 383. The number of thioether (sulfide) groups is 1. The van der Waals surface area contributed by atoms with Crippen LogP contribution < -0.4 is 10.1 Å². The van der Waals surface area contributed by atoms with Gasteiger partial charge in [0.05, 0.1) is 11.3 Å². The predicted octanol–water partition coefficient (Wildman–Crippen LogP) is 3.49. The zero-order valence-electron chi connectivity index (χ0n) is 11.5. The minimum absolute atomic E-state index is 0.406. The first-order valence-electron chi connectivity index (χ1n) is 6.76. The van der Waals surface area contributed by atoms with Gasteiger partial charge in [-0.15, -0.1) is 0 Å². The standard InChI is InChI=1S/C15H23NOS/c1-4-11(2)10-18-14-9-17-13-8-6-5-7-12(13)15(14)16-3/h5-8,11,14-16H,4,9-10H2,1-3H3. The summed E-state index contributed by atoms with van der Waals surface area (Å²) in [5.74, 6) is 3.03. The monoisotopic (exact) mass is 265 g/mol. The van der Waals surface area contributed by atoms with E-state index >= 15 is 0 Å². The number of para-hydroxylation sites is 1. The highest BCUT2D eigenvalue weighted by atomic mass is 32.2. The van der Waals surface area contributed by atoms with Crippen LogP contribution in [0.4, 0.5) is 0 Å². The van der Waals surface area contributed by atoms with Gasteiger partial charge in [0.15, 0.2) is 0 Å². The summed E-state index contributed by atoms with van der Waals surface area (Å²) in [4.78, 5) is 0. The Morgan fingerprint density at radius 1 is 1.44 bits per heavy atom. The average Bonchev–Trinajstić information content (AvgIpc) is 2.43. The molecule has 18 heavy (non-hydrogen) atoms. The van der Waals surface area contributed by atoms with Crippen molar-refractivity contribution >= 4 is 11.8 Å². The van der Waals surface area contributed by atoms with Crippen LogP contribution in [-0.2, 0) is 0 Å². The highest BCUT2D eigenvalue weighted by Gasteiger charge is 2.29. The van der Waals surface area contributed by atoms with Crippen molar-refractivity contribution in [3.8, 4) is 5.75 Å². The number of nitrogens with one attached hydrogen (secondary N) is 1. The van der Waals surface area contributed by atoms with Gasteiger partial charge < -0.3 is 10.1 Å². The molecule has 2 nitrogen and oxygen atoms in total. The lowest BCUT2D eigenvalue weighted by atomic mass is 10.0. The third-order valence-electron chi connectivity index (χ3n) is 3.63. The lowest BCUT2D eigenvalue weighted by Crippen LogP contribution is -2.36. The summed E-state index contributed by atoms with van der Waals surface area (Å²) in [6, 6.07) is 8.78. The van der Waals surface area contributed by atoms with E-state index in [9.17, 15) is 0 Å². The van der Waals surface area contributed by atoms with Gasteiger partial charge in [-0.25, -0.2) is 0 Å². The smallest absolute Gasteiger partial charge is 0.124 e. The molecular formula is C15H23NOS. The Morgan fingerprint density at radius 3 is 2.94 bits per heavy atom. The predicted molar refractivity (Wildman–Crippen MR) is 79.4 cm³/mol. The van der Waals surface area contributed by atoms with Crippen LogP contribution in [0.15, 0.2) is 24.3 Å². The van der Waals surface area contributed by atoms with E-state index in [1.807, 2.05) is 24.9 Å². The molecule has 0 saturated heterocycles. The number of fused-ring (bicyclic) bond motifs is 1. The normalized spacial score (nSPS) is 24.2. The van der Waals surface area contributed by atoms with E-state index in [4.69, 9.17) is 4.74 Å². The van der Waals surface area contributed by atoms with E-state index in [0.29, 0.717) is 11.3 Å². The zero-order chi connectivity index (χ0) is 13.0. The molecular weight excluding hydrogens is 242 g/mol. The first-order valence-corrected chi connectivity index (χ1v) is 7.81. The Kier molecular flexibility index (Phi) is 4.95. The van der Waals surface area contributed by atoms with Crippen molar-refractivity contribution in [2.45, 2.75) is 31.6 Å². The molecule has 0 saturated carbocycles. The van der Waals surface area contributed by atoms with Gasteiger partial charge in [0, 0.05) is 5.56 Å². The molecule has 0 radical (unpaired) electrons. The molecule has 0 aromatic heterocycles. The number of hydrogen-bond donors (Lipinski definition) is 1. The Hall–Kier alpha value is -0.670. The maximum atomic E-state index is 5.87. The van der Waals surface area contributed by atoms with Gasteiger partial charge in [0.2, 0.25) is 0 Å². The molecule has 100 valence electrons. The number of hydrogen-bond acceptors (Lipinski definition) is 3. The minimum Gasteiger partial charge on any atom is -0.492 e. The molecule has 2 rings (SSSR count). The van der Waals surface area contributed by atoms with Crippen molar-refractivity contribution in [3.05, 3.63) is 29.8 Å². The summed E-state index contributed by atoms with van der Waals surface area (Å²) in [5, 5.41) is 3.96. The molecule has 1 aromatic rings. The Balaban J connectivity index is 2.06. The van der Waals surface area contributed by atoms with E-state index in [0.717, 1.165) is 18.3 Å². The quantitative estimate of drug-likeness (QED) is 0.880. The van der Waals surface area contributed by atoms with Gasteiger partial charge in [-0.05, 0) is 24.8 Å². The molecule has 1 aromatic carbocycles. The summed E-state index contributed by atoms with van der Waals surface area (Å²) in [6.07, 6.45) is 1.25. The summed E-state index contributed by atoms with van der Waals surface area (Å²) < 4.78 is 5.87. The second-order valence-electron chi connectivity index (χ2n) is 5.00. The van der Waals surface area contributed by atoms with Crippen LogP contribution in [0.3, 0.4) is 0 Å². The van der Waals surface area contributed by atoms with Gasteiger partial charge in [0.25, 0.3) is 0 Å². The fraction of sp³-hybridized carbons (Fsp3) is 0.600. The maximum Gasteiger partial charge on any atom is 0.124 e. The molecule has 1 aliphatic rings. The number of ether oxygens (including phenoxy) is 1. The second kappa shape index (κ2) is 6.48. The fourth-order valence-electron chi connectivity index (χ4n) is 2.23. The largest absolute Gasteiger partial charge is 0.492 e. The van der Waals surface area contributed by atoms with Crippen molar-refractivity contribution in [1.29, 1.82) is 0 Å². The van der Waals surface area contributed by atoms with Crippen molar-refractivity contribution in [2.75, 3.05) is 19.4 Å². The van der Waals surface area contributed by atoms with Crippen LogP contribution in [0.25, 0.3) is 0 Å². The second-order valence-corrected chi connectivity index (χ2v) is 6.27. The van der Waals surface area contributed by atoms with Crippen molar-refractivity contribution in [2.24, 2.45) is 5.92 Å². The highest BCUT2D eigenvalue weighted by molar-refractivity contribution is 8.00.